The highest BCUT2D eigenvalue weighted by molar-refractivity contribution is 14.1. The Bertz CT molecular complexity index is 1110. The van der Waals surface area contributed by atoms with Gasteiger partial charge in [0.1, 0.15) is 17.2 Å². The maximum Gasteiger partial charge on any atom is 0.213 e. The van der Waals surface area contributed by atoms with Crippen LogP contribution in [-0.2, 0) is 6.54 Å². The van der Waals surface area contributed by atoms with Gasteiger partial charge in [0.2, 0.25) is 5.88 Å². The number of hydrogen-bond acceptors (Lipinski definition) is 4. The van der Waals surface area contributed by atoms with Crippen molar-refractivity contribution < 1.29 is 9.13 Å². The smallest absolute Gasteiger partial charge is 0.213 e. The first kappa shape index (κ1) is 18.5. The molecule has 0 aliphatic rings. The molecule has 0 fully saturated rings. The minimum atomic E-state index is -0.263. The Morgan fingerprint density at radius 3 is 2.54 bits per heavy atom. The van der Waals surface area contributed by atoms with Gasteiger partial charge in [-0.1, -0.05) is 30.3 Å². The predicted octanol–water partition coefficient (Wildman–Crippen LogP) is 4.81. The maximum absolute atomic E-state index is 14.3. The van der Waals surface area contributed by atoms with Gasteiger partial charge < -0.3 is 4.74 Å². The molecule has 0 saturated heterocycles. The van der Waals surface area contributed by atoms with Gasteiger partial charge in [-0.15, -0.1) is 0 Å². The van der Waals surface area contributed by atoms with Crippen LogP contribution >= 0.6 is 22.6 Å². The maximum atomic E-state index is 14.3. The van der Waals surface area contributed by atoms with Gasteiger partial charge in [-0.3, -0.25) is 9.67 Å². The molecular formula is C21H16FIN4O. The van der Waals surface area contributed by atoms with Crippen LogP contribution in [0.3, 0.4) is 0 Å². The number of rotatable bonds is 5. The minimum Gasteiger partial charge on any atom is -0.481 e. The summed E-state index contributed by atoms with van der Waals surface area (Å²) in [5, 5.41) is 4.75. The van der Waals surface area contributed by atoms with Crippen LogP contribution in [-0.4, -0.2) is 26.9 Å². The first-order chi connectivity index (χ1) is 13.7. The van der Waals surface area contributed by atoms with Crippen molar-refractivity contribution in [2.24, 2.45) is 0 Å². The van der Waals surface area contributed by atoms with Gasteiger partial charge in [0.05, 0.1) is 28.6 Å². The van der Waals surface area contributed by atoms with Crippen LogP contribution < -0.4 is 4.74 Å². The Morgan fingerprint density at radius 1 is 1.00 bits per heavy atom. The fourth-order valence-electron chi connectivity index (χ4n) is 2.91. The average molecular weight is 486 g/mol. The third-order valence-corrected chi connectivity index (χ3v) is 5.28. The van der Waals surface area contributed by atoms with Crippen molar-refractivity contribution in [2.45, 2.75) is 6.54 Å². The number of methoxy groups -OCH3 is 1. The molecule has 0 N–H and O–H groups in total. The molecule has 0 radical (unpaired) electrons. The SMILES string of the molecule is COc1cccc(-c2nn(Cc3ccccc3F)c(-c3ccccn3)c2I)n1. The molecule has 0 saturated carbocycles. The first-order valence-corrected chi connectivity index (χ1v) is 9.68. The molecule has 3 heterocycles. The van der Waals surface area contributed by atoms with Crippen molar-refractivity contribution in [1.29, 1.82) is 0 Å². The summed E-state index contributed by atoms with van der Waals surface area (Å²) in [5.74, 6) is 0.248. The molecule has 4 rings (SSSR count). The number of ether oxygens (including phenoxy) is 1. The van der Waals surface area contributed by atoms with Crippen molar-refractivity contribution in [3.63, 3.8) is 0 Å². The lowest BCUT2D eigenvalue weighted by Gasteiger charge is -2.08. The van der Waals surface area contributed by atoms with Crippen LogP contribution in [0.25, 0.3) is 22.8 Å². The lowest BCUT2D eigenvalue weighted by molar-refractivity contribution is 0.398. The number of benzene rings is 1. The van der Waals surface area contributed by atoms with Gasteiger partial charge in [-0.25, -0.2) is 9.37 Å². The summed E-state index contributed by atoms with van der Waals surface area (Å²) in [7, 11) is 1.58. The Balaban J connectivity index is 1.87. The van der Waals surface area contributed by atoms with Crippen LogP contribution in [0.1, 0.15) is 5.56 Å². The van der Waals surface area contributed by atoms with Gasteiger partial charge in [0, 0.05) is 17.8 Å². The standard InChI is InChI=1S/C21H16FIN4O/c1-28-18-11-6-10-16(25-18)20-19(23)21(17-9-4-5-12-24-17)27(26-20)13-14-7-2-3-8-15(14)22/h2-12H,13H2,1H3. The third-order valence-electron chi connectivity index (χ3n) is 4.26. The number of halogens is 2. The molecule has 4 aromatic rings. The normalized spacial score (nSPS) is 10.8. The van der Waals surface area contributed by atoms with E-state index in [1.807, 2.05) is 36.4 Å². The Hall–Kier alpha value is -2.81. The monoisotopic (exact) mass is 486 g/mol. The first-order valence-electron chi connectivity index (χ1n) is 8.60. The zero-order valence-electron chi connectivity index (χ0n) is 15.0. The molecule has 0 amide bonds. The number of aromatic nitrogens is 4. The summed E-state index contributed by atoms with van der Waals surface area (Å²) in [6.07, 6.45) is 1.73. The summed E-state index contributed by atoms with van der Waals surface area (Å²) in [5.41, 5.74) is 3.54. The highest BCUT2D eigenvalue weighted by atomic mass is 127. The van der Waals surface area contributed by atoms with Crippen LogP contribution in [0.5, 0.6) is 5.88 Å². The number of pyridine rings is 2. The van der Waals surface area contributed by atoms with Gasteiger partial charge in [-0.05, 0) is 46.9 Å². The minimum absolute atomic E-state index is 0.263. The Morgan fingerprint density at radius 2 is 1.79 bits per heavy atom. The van der Waals surface area contributed by atoms with E-state index < -0.39 is 0 Å². The summed E-state index contributed by atoms with van der Waals surface area (Å²) in [6.45, 7) is 0.290. The van der Waals surface area contributed by atoms with E-state index in [2.05, 4.69) is 32.6 Å². The van der Waals surface area contributed by atoms with Crippen LogP contribution in [0.2, 0.25) is 0 Å². The van der Waals surface area contributed by atoms with E-state index >= 15 is 0 Å². The molecule has 0 atom stereocenters. The molecule has 28 heavy (non-hydrogen) atoms. The molecule has 3 aromatic heterocycles. The Kier molecular flexibility index (Phi) is 5.34. The van der Waals surface area contributed by atoms with E-state index in [0.29, 0.717) is 29.4 Å². The van der Waals surface area contributed by atoms with Gasteiger partial charge in [-0.2, -0.15) is 5.10 Å². The van der Waals surface area contributed by atoms with Crippen LogP contribution in [0.15, 0.2) is 66.9 Å². The van der Waals surface area contributed by atoms with E-state index in [1.165, 1.54) is 6.07 Å². The molecular weight excluding hydrogens is 470 g/mol. The number of hydrogen-bond donors (Lipinski definition) is 0. The second-order valence-corrected chi connectivity index (χ2v) is 7.12. The van der Waals surface area contributed by atoms with Gasteiger partial charge in [0.15, 0.2) is 0 Å². The lowest BCUT2D eigenvalue weighted by atomic mass is 10.2. The van der Waals surface area contributed by atoms with Crippen molar-refractivity contribution in [3.05, 3.63) is 81.8 Å². The van der Waals surface area contributed by atoms with E-state index in [1.54, 1.807) is 36.2 Å². The highest BCUT2D eigenvalue weighted by Gasteiger charge is 2.21. The van der Waals surface area contributed by atoms with E-state index in [-0.39, 0.29) is 5.82 Å². The van der Waals surface area contributed by atoms with E-state index in [9.17, 15) is 4.39 Å². The molecule has 0 aliphatic heterocycles. The Labute approximate surface area is 175 Å². The van der Waals surface area contributed by atoms with E-state index in [0.717, 1.165) is 15.0 Å². The molecule has 0 bridgehead atoms. The quantitative estimate of drug-likeness (QED) is 0.380. The van der Waals surface area contributed by atoms with Gasteiger partial charge >= 0.3 is 0 Å². The summed E-state index contributed by atoms with van der Waals surface area (Å²) in [4.78, 5) is 8.97. The molecule has 7 heteroatoms. The zero-order valence-corrected chi connectivity index (χ0v) is 17.2. The lowest BCUT2D eigenvalue weighted by Crippen LogP contribution is -2.06. The van der Waals surface area contributed by atoms with Crippen molar-refractivity contribution >= 4 is 22.6 Å². The molecule has 0 spiro atoms. The highest BCUT2D eigenvalue weighted by Crippen LogP contribution is 2.33. The fraction of sp³-hybridized carbons (Fsp3) is 0.0952. The second kappa shape index (κ2) is 8.05. The second-order valence-electron chi connectivity index (χ2n) is 6.04. The largest absolute Gasteiger partial charge is 0.481 e. The van der Waals surface area contributed by atoms with E-state index in [4.69, 9.17) is 9.84 Å². The summed E-state index contributed by atoms with van der Waals surface area (Å²) < 4.78 is 22.2. The molecule has 0 aliphatic carbocycles. The summed E-state index contributed by atoms with van der Waals surface area (Å²) >= 11 is 2.25. The van der Waals surface area contributed by atoms with Crippen LogP contribution in [0, 0.1) is 9.39 Å². The molecule has 140 valence electrons. The topological polar surface area (TPSA) is 52.8 Å². The third kappa shape index (κ3) is 3.62. The molecule has 1 aromatic carbocycles. The zero-order chi connectivity index (χ0) is 19.5. The molecule has 5 nitrogen and oxygen atoms in total. The summed E-state index contributed by atoms with van der Waals surface area (Å²) in [6, 6.07) is 17.9. The molecule has 0 unspecified atom stereocenters. The number of nitrogens with zero attached hydrogens (tertiary/aromatic N) is 4. The van der Waals surface area contributed by atoms with Gasteiger partial charge in [0.25, 0.3) is 0 Å². The fourth-order valence-corrected chi connectivity index (χ4v) is 3.85. The van der Waals surface area contributed by atoms with Crippen LogP contribution in [0.4, 0.5) is 4.39 Å². The predicted molar refractivity (Wildman–Crippen MR) is 113 cm³/mol. The van der Waals surface area contributed by atoms with Crippen molar-refractivity contribution in [2.75, 3.05) is 7.11 Å². The average Bonchev–Trinajstić information content (AvgIpc) is 3.06. The van der Waals surface area contributed by atoms with Crippen molar-refractivity contribution in [3.8, 4) is 28.7 Å². The van der Waals surface area contributed by atoms with Crippen molar-refractivity contribution in [1.82, 2.24) is 19.7 Å².